The van der Waals surface area contributed by atoms with Crippen molar-refractivity contribution in [2.45, 2.75) is 25.8 Å². The topological polar surface area (TPSA) is 78.7 Å². The third-order valence-electron chi connectivity index (χ3n) is 3.33. The molecule has 1 saturated heterocycles. The summed E-state index contributed by atoms with van der Waals surface area (Å²) in [6, 6.07) is -0.0404. The predicted octanol–water partition coefficient (Wildman–Crippen LogP) is -0.996. The number of piperazine rings is 1. The van der Waals surface area contributed by atoms with Crippen molar-refractivity contribution in [2.75, 3.05) is 39.8 Å². The van der Waals surface area contributed by atoms with E-state index < -0.39 is 0 Å². The number of carbonyl (C=O) groups is 2. The fraction of sp³-hybridized carbons (Fsp3) is 0.833. The van der Waals surface area contributed by atoms with Crippen molar-refractivity contribution >= 4 is 11.8 Å². The summed E-state index contributed by atoms with van der Waals surface area (Å²) in [5.74, 6) is 0.145. The van der Waals surface area contributed by atoms with Crippen molar-refractivity contribution in [1.29, 1.82) is 0 Å². The standard InChI is InChI=1S/C12H24N4O2/c1-3-10(13)8-12(18)16-6-4-15(5-7-16)9-11(17)14-2/h10H,3-9,13H2,1-2H3,(H,14,17). The van der Waals surface area contributed by atoms with Gasteiger partial charge in [-0.2, -0.15) is 0 Å². The fourth-order valence-electron chi connectivity index (χ4n) is 1.94. The van der Waals surface area contributed by atoms with Crippen LogP contribution in [0.25, 0.3) is 0 Å². The van der Waals surface area contributed by atoms with Gasteiger partial charge in [-0.15, -0.1) is 0 Å². The molecule has 1 aliphatic heterocycles. The summed E-state index contributed by atoms with van der Waals surface area (Å²) in [6.45, 7) is 5.27. The van der Waals surface area contributed by atoms with Gasteiger partial charge < -0.3 is 16.0 Å². The predicted molar refractivity (Wildman–Crippen MR) is 70.0 cm³/mol. The van der Waals surface area contributed by atoms with Crippen LogP contribution < -0.4 is 11.1 Å². The maximum absolute atomic E-state index is 11.9. The van der Waals surface area contributed by atoms with E-state index in [4.69, 9.17) is 5.73 Å². The Hall–Kier alpha value is -1.14. The summed E-state index contributed by atoms with van der Waals surface area (Å²) >= 11 is 0. The van der Waals surface area contributed by atoms with Gasteiger partial charge in [-0.05, 0) is 6.42 Å². The van der Waals surface area contributed by atoms with Crippen molar-refractivity contribution in [3.05, 3.63) is 0 Å². The molecule has 1 aliphatic rings. The first-order valence-corrected chi connectivity index (χ1v) is 6.53. The highest BCUT2D eigenvalue weighted by molar-refractivity contribution is 5.78. The van der Waals surface area contributed by atoms with E-state index in [0.29, 0.717) is 26.1 Å². The molecule has 6 nitrogen and oxygen atoms in total. The molecule has 0 radical (unpaired) electrons. The van der Waals surface area contributed by atoms with Gasteiger partial charge in [0.05, 0.1) is 6.54 Å². The molecule has 104 valence electrons. The molecule has 1 heterocycles. The number of amides is 2. The Kier molecular flexibility index (Phi) is 6.07. The molecule has 0 aliphatic carbocycles. The summed E-state index contributed by atoms with van der Waals surface area (Å²) in [7, 11) is 1.63. The highest BCUT2D eigenvalue weighted by Crippen LogP contribution is 2.05. The second kappa shape index (κ2) is 7.33. The van der Waals surface area contributed by atoms with E-state index in [2.05, 4.69) is 10.2 Å². The van der Waals surface area contributed by atoms with Crippen molar-refractivity contribution < 1.29 is 9.59 Å². The number of hydrogen-bond acceptors (Lipinski definition) is 4. The van der Waals surface area contributed by atoms with Gasteiger partial charge in [0.15, 0.2) is 0 Å². The minimum absolute atomic E-state index is 0.0165. The number of nitrogens with two attached hydrogens (primary N) is 1. The molecule has 3 N–H and O–H groups in total. The molecule has 0 spiro atoms. The SMILES string of the molecule is CCC(N)CC(=O)N1CCN(CC(=O)NC)CC1. The lowest BCUT2D eigenvalue weighted by Gasteiger charge is -2.34. The van der Waals surface area contributed by atoms with Crippen LogP contribution in [0.5, 0.6) is 0 Å². The Bertz CT molecular complexity index is 288. The molecule has 6 heteroatoms. The Morgan fingerprint density at radius 1 is 1.28 bits per heavy atom. The third-order valence-corrected chi connectivity index (χ3v) is 3.33. The van der Waals surface area contributed by atoms with E-state index in [9.17, 15) is 9.59 Å². The van der Waals surface area contributed by atoms with Gasteiger partial charge in [0, 0.05) is 45.7 Å². The normalized spacial score (nSPS) is 18.5. The molecule has 1 unspecified atom stereocenters. The molecule has 2 amide bonds. The third kappa shape index (κ3) is 4.62. The van der Waals surface area contributed by atoms with Crippen LogP contribution in [0, 0.1) is 0 Å². The van der Waals surface area contributed by atoms with Crippen LogP contribution in [-0.4, -0.2) is 67.4 Å². The van der Waals surface area contributed by atoms with Crippen LogP contribution in [0.4, 0.5) is 0 Å². The van der Waals surface area contributed by atoms with Gasteiger partial charge in [-0.25, -0.2) is 0 Å². The van der Waals surface area contributed by atoms with Crippen molar-refractivity contribution in [3.8, 4) is 0 Å². The maximum atomic E-state index is 11.9. The average molecular weight is 256 g/mol. The number of rotatable bonds is 5. The Balaban J connectivity index is 2.30. The van der Waals surface area contributed by atoms with Gasteiger partial charge in [0.25, 0.3) is 0 Å². The summed E-state index contributed by atoms with van der Waals surface area (Å²) < 4.78 is 0. The Labute approximate surface area is 108 Å². The minimum atomic E-state index is -0.0404. The van der Waals surface area contributed by atoms with Crippen LogP contribution in [0.3, 0.4) is 0 Å². The lowest BCUT2D eigenvalue weighted by Crippen LogP contribution is -2.51. The lowest BCUT2D eigenvalue weighted by molar-refractivity contribution is -0.133. The summed E-state index contributed by atoms with van der Waals surface area (Å²) in [5, 5.41) is 2.60. The molecule has 0 aromatic carbocycles. The summed E-state index contributed by atoms with van der Waals surface area (Å²) in [4.78, 5) is 27.0. The van der Waals surface area contributed by atoms with E-state index in [1.807, 2.05) is 11.8 Å². The fourth-order valence-corrected chi connectivity index (χ4v) is 1.94. The van der Waals surface area contributed by atoms with Crippen molar-refractivity contribution in [3.63, 3.8) is 0 Å². The monoisotopic (exact) mass is 256 g/mol. The Morgan fingerprint density at radius 2 is 1.89 bits per heavy atom. The zero-order chi connectivity index (χ0) is 13.5. The van der Waals surface area contributed by atoms with Gasteiger partial charge in [0.1, 0.15) is 0 Å². The Morgan fingerprint density at radius 3 is 2.39 bits per heavy atom. The first-order chi connectivity index (χ1) is 8.56. The van der Waals surface area contributed by atoms with Crippen molar-refractivity contribution in [2.24, 2.45) is 5.73 Å². The molecule has 0 saturated carbocycles. The first kappa shape index (κ1) is 14.9. The smallest absolute Gasteiger partial charge is 0.233 e. The van der Waals surface area contributed by atoms with Gasteiger partial charge in [-0.1, -0.05) is 6.92 Å². The van der Waals surface area contributed by atoms with E-state index in [1.165, 1.54) is 0 Å². The minimum Gasteiger partial charge on any atom is -0.358 e. The lowest BCUT2D eigenvalue weighted by atomic mass is 10.1. The van der Waals surface area contributed by atoms with Gasteiger partial charge >= 0.3 is 0 Å². The highest BCUT2D eigenvalue weighted by atomic mass is 16.2. The van der Waals surface area contributed by atoms with Gasteiger partial charge in [-0.3, -0.25) is 14.5 Å². The quantitative estimate of drug-likeness (QED) is 0.661. The van der Waals surface area contributed by atoms with Crippen molar-refractivity contribution in [1.82, 2.24) is 15.1 Å². The van der Waals surface area contributed by atoms with Crippen LogP contribution in [0.2, 0.25) is 0 Å². The van der Waals surface area contributed by atoms with Crippen LogP contribution in [0.1, 0.15) is 19.8 Å². The van der Waals surface area contributed by atoms with Crippen LogP contribution >= 0.6 is 0 Å². The van der Waals surface area contributed by atoms with Crippen LogP contribution in [0.15, 0.2) is 0 Å². The number of nitrogens with one attached hydrogen (secondary N) is 1. The maximum Gasteiger partial charge on any atom is 0.233 e. The molecule has 0 bridgehead atoms. The summed E-state index contributed by atoms with van der Waals surface area (Å²) in [5.41, 5.74) is 5.78. The highest BCUT2D eigenvalue weighted by Gasteiger charge is 2.22. The molecule has 0 aromatic heterocycles. The molecule has 18 heavy (non-hydrogen) atoms. The van der Waals surface area contributed by atoms with E-state index in [-0.39, 0.29) is 17.9 Å². The average Bonchev–Trinajstić information content (AvgIpc) is 2.39. The largest absolute Gasteiger partial charge is 0.358 e. The van der Waals surface area contributed by atoms with Crippen LogP contribution in [-0.2, 0) is 9.59 Å². The molecule has 1 fully saturated rings. The van der Waals surface area contributed by atoms with E-state index >= 15 is 0 Å². The number of carbonyl (C=O) groups excluding carboxylic acids is 2. The zero-order valence-corrected chi connectivity index (χ0v) is 11.3. The molecular weight excluding hydrogens is 232 g/mol. The van der Waals surface area contributed by atoms with Gasteiger partial charge in [0.2, 0.25) is 11.8 Å². The summed E-state index contributed by atoms with van der Waals surface area (Å²) in [6.07, 6.45) is 1.24. The van der Waals surface area contributed by atoms with E-state index in [1.54, 1.807) is 7.05 Å². The molecule has 1 rings (SSSR count). The second-order valence-corrected chi connectivity index (χ2v) is 4.70. The number of likely N-dealkylation sites (N-methyl/N-ethyl adjacent to an activating group) is 1. The second-order valence-electron chi connectivity index (χ2n) is 4.70. The number of nitrogens with zero attached hydrogens (tertiary/aromatic N) is 2. The number of hydrogen-bond donors (Lipinski definition) is 2. The zero-order valence-electron chi connectivity index (χ0n) is 11.3. The molecule has 0 aromatic rings. The van der Waals surface area contributed by atoms with E-state index in [0.717, 1.165) is 19.5 Å². The molecule has 1 atom stereocenters. The first-order valence-electron chi connectivity index (χ1n) is 6.53. The molecular formula is C12H24N4O2.